The molecule has 1 unspecified atom stereocenters. The van der Waals surface area contributed by atoms with Gasteiger partial charge in [-0.25, -0.2) is 8.42 Å². The van der Waals surface area contributed by atoms with Crippen molar-refractivity contribution in [3.63, 3.8) is 0 Å². The predicted molar refractivity (Wildman–Crippen MR) is 189 cm³/mol. The predicted octanol–water partition coefficient (Wildman–Crippen LogP) is 6.35. The number of nitrogens with zero attached hydrogens (tertiary/aromatic N) is 2. The van der Waals surface area contributed by atoms with Gasteiger partial charge in [-0.05, 0) is 84.6 Å². The number of anilines is 1. The van der Waals surface area contributed by atoms with Crippen LogP contribution in [0.2, 0.25) is 5.02 Å². The van der Waals surface area contributed by atoms with E-state index in [-0.39, 0.29) is 35.4 Å². The van der Waals surface area contributed by atoms with Crippen molar-refractivity contribution >= 4 is 39.1 Å². The maximum absolute atomic E-state index is 14.6. The first-order chi connectivity index (χ1) is 23.0. The van der Waals surface area contributed by atoms with E-state index in [0.29, 0.717) is 35.2 Å². The molecular formula is C37H42ClN3O6S. The molecule has 1 atom stereocenters. The number of carbonyl (C=O) groups excluding carboxylic acids is 2. The highest BCUT2D eigenvalue weighted by Gasteiger charge is 2.34. The number of halogens is 1. The molecule has 0 radical (unpaired) electrons. The van der Waals surface area contributed by atoms with Crippen LogP contribution in [0.1, 0.15) is 31.9 Å². The van der Waals surface area contributed by atoms with Gasteiger partial charge in [0.05, 0.1) is 24.3 Å². The summed E-state index contributed by atoms with van der Waals surface area (Å²) in [7, 11) is -2.72. The number of carbonyl (C=O) groups is 2. The Bertz CT molecular complexity index is 1750. The second-order valence-corrected chi connectivity index (χ2v) is 13.9. The van der Waals surface area contributed by atoms with E-state index in [1.165, 1.54) is 29.2 Å². The fraction of sp³-hybridized carbons (Fsp3) is 0.297. The molecule has 0 spiro atoms. The first-order valence-electron chi connectivity index (χ1n) is 15.8. The van der Waals surface area contributed by atoms with Gasteiger partial charge in [0.15, 0.2) is 0 Å². The number of hydrogen-bond acceptors (Lipinski definition) is 6. The number of methoxy groups -OCH3 is 1. The minimum Gasteiger partial charge on any atom is -0.497 e. The van der Waals surface area contributed by atoms with E-state index in [1.54, 1.807) is 49.6 Å². The third kappa shape index (κ3) is 9.74. The topological polar surface area (TPSA) is 105 Å². The van der Waals surface area contributed by atoms with Crippen molar-refractivity contribution in [2.75, 3.05) is 31.1 Å². The lowest BCUT2D eigenvalue weighted by Gasteiger charge is -2.34. The number of rotatable bonds is 16. The molecule has 0 saturated heterocycles. The molecule has 0 aromatic heterocycles. The maximum Gasteiger partial charge on any atom is 0.264 e. The highest BCUT2D eigenvalue weighted by Crippen LogP contribution is 2.28. The van der Waals surface area contributed by atoms with Crippen LogP contribution in [0.3, 0.4) is 0 Å². The van der Waals surface area contributed by atoms with Crippen LogP contribution < -0.4 is 19.1 Å². The molecule has 11 heteroatoms. The Balaban J connectivity index is 1.81. The van der Waals surface area contributed by atoms with Crippen molar-refractivity contribution in [2.24, 2.45) is 5.92 Å². The van der Waals surface area contributed by atoms with Crippen molar-refractivity contribution in [1.29, 1.82) is 0 Å². The van der Waals surface area contributed by atoms with E-state index >= 15 is 0 Å². The lowest BCUT2D eigenvalue weighted by Crippen LogP contribution is -2.53. The molecule has 1 N–H and O–H groups in total. The maximum atomic E-state index is 14.6. The van der Waals surface area contributed by atoms with Crippen LogP contribution >= 0.6 is 11.6 Å². The van der Waals surface area contributed by atoms with E-state index in [9.17, 15) is 18.0 Å². The summed E-state index contributed by atoms with van der Waals surface area (Å²) in [6, 6.07) is 27.9. The van der Waals surface area contributed by atoms with Crippen molar-refractivity contribution in [3.05, 3.63) is 119 Å². The Kier molecular flexibility index (Phi) is 12.9. The standard InChI is InChI=1S/C37H42ClN3O6S/c1-5-47-32-18-16-31(17-19-32)41(48(44,45)34-20-14-30(38)15-21-34)26-36(42)40(25-29-12-9-13-33(22-29)46-4)35(37(43)39-24-27(2)3)23-28-10-7-6-8-11-28/h6-22,27,35H,5,23-26H2,1-4H3,(H,39,43). The summed E-state index contributed by atoms with van der Waals surface area (Å²) in [6.45, 7) is 6.13. The Morgan fingerprint density at radius 1 is 0.854 bits per heavy atom. The molecule has 48 heavy (non-hydrogen) atoms. The largest absolute Gasteiger partial charge is 0.497 e. The van der Waals surface area contributed by atoms with Gasteiger partial charge in [0.25, 0.3) is 10.0 Å². The molecule has 4 aromatic carbocycles. The van der Waals surface area contributed by atoms with Crippen LogP contribution in [0.25, 0.3) is 0 Å². The van der Waals surface area contributed by atoms with Gasteiger partial charge in [0, 0.05) is 24.5 Å². The van der Waals surface area contributed by atoms with Crippen LogP contribution in [0.15, 0.2) is 108 Å². The van der Waals surface area contributed by atoms with Crippen LogP contribution in [0, 0.1) is 5.92 Å². The van der Waals surface area contributed by atoms with Crippen molar-refractivity contribution < 1.29 is 27.5 Å². The van der Waals surface area contributed by atoms with E-state index in [1.807, 2.05) is 57.2 Å². The van der Waals surface area contributed by atoms with Crippen LogP contribution in [-0.2, 0) is 32.6 Å². The molecule has 0 aliphatic heterocycles. The van der Waals surface area contributed by atoms with Crippen LogP contribution in [0.5, 0.6) is 11.5 Å². The lowest BCUT2D eigenvalue weighted by atomic mass is 10.0. The average Bonchev–Trinajstić information content (AvgIpc) is 3.08. The zero-order valence-electron chi connectivity index (χ0n) is 27.6. The number of benzene rings is 4. The summed E-state index contributed by atoms with van der Waals surface area (Å²) in [5.74, 6) is 0.418. The fourth-order valence-electron chi connectivity index (χ4n) is 5.08. The molecule has 0 bridgehead atoms. The fourth-order valence-corrected chi connectivity index (χ4v) is 6.62. The Morgan fingerprint density at radius 3 is 2.15 bits per heavy atom. The zero-order chi connectivity index (χ0) is 34.7. The smallest absolute Gasteiger partial charge is 0.264 e. The van der Waals surface area contributed by atoms with Gasteiger partial charge in [-0.15, -0.1) is 0 Å². The molecule has 0 saturated carbocycles. The van der Waals surface area contributed by atoms with E-state index in [0.717, 1.165) is 9.87 Å². The number of hydrogen-bond donors (Lipinski definition) is 1. The monoisotopic (exact) mass is 691 g/mol. The van der Waals surface area contributed by atoms with E-state index < -0.39 is 28.5 Å². The molecular weight excluding hydrogens is 650 g/mol. The highest BCUT2D eigenvalue weighted by molar-refractivity contribution is 7.92. The minimum atomic E-state index is -4.27. The summed E-state index contributed by atoms with van der Waals surface area (Å²) in [4.78, 5) is 30.0. The van der Waals surface area contributed by atoms with Crippen LogP contribution in [0.4, 0.5) is 5.69 Å². The highest BCUT2D eigenvalue weighted by atomic mass is 35.5. The van der Waals surface area contributed by atoms with Gasteiger partial charge in [0.2, 0.25) is 11.8 Å². The Hall–Kier alpha value is -4.54. The Morgan fingerprint density at radius 2 is 1.52 bits per heavy atom. The summed E-state index contributed by atoms with van der Waals surface area (Å²) < 4.78 is 40.5. The first-order valence-corrected chi connectivity index (χ1v) is 17.6. The van der Waals surface area contributed by atoms with Gasteiger partial charge < -0.3 is 19.7 Å². The number of nitrogens with one attached hydrogen (secondary N) is 1. The van der Waals surface area contributed by atoms with Crippen LogP contribution in [-0.4, -0.2) is 58.0 Å². The molecule has 0 aliphatic rings. The first kappa shape index (κ1) is 36.3. The molecule has 2 amide bonds. The minimum absolute atomic E-state index is 0.0285. The number of amides is 2. The summed E-state index contributed by atoms with van der Waals surface area (Å²) in [5.41, 5.74) is 1.82. The number of sulfonamides is 1. The molecule has 254 valence electrons. The molecule has 4 rings (SSSR count). The van der Waals surface area contributed by atoms with Gasteiger partial charge in [-0.1, -0.05) is 67.9 Å². The van der Waals surface area contributed by atoms with E-state index in [4.69, 9.17) is 21.1 Å². The molecule has 0 heterocycles. The summed E-state index contributed by atoms with van der Waals surface area (Å²) in [5, 5.41) is 3.37. The van der Waals surface area contributed by atoms with Gasteiger partial charge in [-0.3, -0.25) is 13.9 Å². The summed E-state index contributed by atoms with van der Waals surface area (Å²) >= 11 is 6.08. The quantitative estimate of drug-likeness (QED) is 0.147. The average molecular weight is 692 g/mol. The van der Waals surface area contributed by atoms with Gasteiger partial charge >= 0.3 is 0 Å². The molecule has 9 nitrogen and oxygen atoms in total. The van der Waals surface area contributed by atoms with Crippen molar-refractivity contribution in [2.45, 2.75) is 44.7 Å². The van der Waals surface area contributed by atoms with Gasteiger partial charge in [-0.2, -0.15) is 0 Å². The second kappa shape index (κ2) is 17.0. The third-order valence-corrected chi connectivity index (χ3v) is 9.60. The number of ether oxygens (including phenoxy) is 2. The molecule has 0 aliphatic carbocycles. The van der Waals surface area contributed by atoms with Crippen molar-refractivity contribution in [1.82, 2.24) is 10.2 Å². The van der Waals surface area contributed by atoms with E-state index in [2.05, 4.69) is 5.32 Å². The van der Waals surface area contributed by atoms with Crippen molar-refractivity contribution in [3.8, 4) is 11.5 Å². The summed E-state index contributed by atoms with van der Waals surface area (Å²) in [6.07, 6.45) is 0.216. The SMILES string of the molecule is CCOc1ccc(N(CC(=O)N(Cc2cccc(OC)c2)C(Cc2ccccc2)C(=O)NCC(C)C)S(=O)(=O)c2ccc(Cl)cc2)cc1. The zero-order valence-corrected chi connectivity index (χ0v) is 29.2. The van der Waals surface area contributed by atoms with Gasteiger partial charge in [0.1, 0.15) is 24.1 Å². The lowest BCUT2D eigenvalue weighted by molar-refractivity contribution is -0.140. The molecule has 0 fully saturated rings. The normalized spacial score (nSPS) is 11.9. The third-order valence-electron chi connectivity index (χ3n) is 7.56. The molecule has 4 aromatic rings. The second-order valence-electron chi connectivity index (χ2n) is 11.6. The Labute approximate surface area is 288 Å².